The van der Waals surface area contributed by atoms with Crippen LogP contribution in [0.5, 0.6) is 0 Å². The third-order valence-electron chi connectivity index (χ3n) is 2.09. The molecule has 2 aromatic heterocycles. The number of aromatic nitrogens is 2. The van der Waals surface area contributed by atoms with E-state index in [-0.39, 0.29) is 12.4 Å². The number of fused-ring (bicyclic) bond motifs is 1. The summed E-state index contributed by atoms with van der Waals surface area (Å²) >= 11 is 0. The van der Waals surface area contributed by atoms with Crippen LogP contribution in [-0.2, 0) is 16.0 Å². The third kappa shape index (κ3) is 2.15. The van der Waals surface area contributed by atoms with Gasteiger partial charge in [-0.1, -0.05) is 0 Å². The Balaban J connectivity index is 2.17. The average Bonchev–Trinajstić information content (AvgIpc) is 2.65. The van der Waals surface area contributed by atoms with E-state index in [1.807, 2.05) is 24.4 Å². The van der Waals surface area contributed by atoms with Crippen LogP contribution in [0, 0.1) is 0 Å². The van der Waals surface area contributed by atoms with Crippen LogP contribution in [0.4, 0.5) is 0 Å². The van der Waals surface area contributed by atoms with E-state index >= 15 is 0 Å². The van der Waals surface area contributed by atoms with Gasteiger partial charge in [0.25, 0.3) is 0 Å². The Morgan fingerprint density at radius 3 is 3.13 bits per heavy atom. The summed E-state index contributed by atoms with van der Waals surface area (Å²) < 4.78 is 4.85. The van der Waals surface area contributed by atoms with Crippen LogP contribution in [0.1, 0.15) is 12.6 Å². The van der Waals surface area contributed by atoms with Crippen LogP contribution < -0.4 is 0 Å². The van der Waals surface area contributed by atoms with Gasteiger partial charge in [-0.3, -0.25) is 9.78 Å². The quantitative estimate of drug-likeness (QED) is 0.774. The summed E-state index contributed by atoms with van der Waals surface area (Å²) in [5.74, 6) is -0.236. The molecular weight excluding hydrogens is 192 g/mol. The molecule has 0 saturated heterocycles. The maximum absolute atomic E-state index is 11.2. The van der Waals surface area contributed by atoms with Crippen molar-refractivity contribution >= 4 is 17.0 Å². The molecule has 0 aromatic carbocycles. The number of carbonyl (C=O) groups is 1. The van der Waals surface area contributed by atoms with Gasteiger partial charge in [-0.15, -0.1) is 0 Å². The molecule has 4 heteroatoms. The van der Waals surface area contributed by atoms with Crippen molar-refractivity contribution in [2.45, 2.75) is 13.3 Å². The molecule has 0 radical (unpaired) electrons. The molecule has 78 valence electrons. The number of esters is 1. The molecule has 2 rings (SSSR count). The van der Waals surface area contributed by atoms with Gasteiger partial charge in [0.15, 0.2) is 0 Å². The van der Waals surface area contributed by atoms with E-state index in [0.29, 0.717) is 6.61 Å². The van der Waals surface area contributed by atoms with Gasteiger partial charge in [0.05, 0.1) is 29.8 Å². The summed E-state index contributed by atoms with van der Waals surface area (Å²) in [6.07, 6.45) is 2.06. The second kappa shape index (κ2) is 4.13. The second-order valence-corrected chi connectivity index (χ2v) is 3.19. The van der Waals surface area contributed by atoms with Crippen LogP contribution in [0.3, 0.4) is 0 Å². The number of pyridine rings is 1. The van der Waals surface area contributed by atoms with Crippen LogP contribution in [0.25, 0.3) is 11.0 Å². The lowest BCUT2D eigenvalue weighted by Crippen LogP contribution is -2.08. The molecule has 0 bridgehead atoms. The Hall–Kier alpha value is -1.84. The first-order valence-corrected chi connectivity index (χ1v) is 4.88. The number of aromatic amines is 1. The van der Waals surface area contributed by atoms with E-state index in [2.05, 4.69) is 9.97 Å². The van der Waals surface area contributed by atoms with E-state index < -0.39 is 0 Å². The maximum Gasteiger partial charge on any atom is 0.311 e. The van der Waals surface area contributed by atoms with Crippen molar-refractivity contribution in [3.05, 3.63) is 30.1 Å². The van der Waals surface area contributed by atoms with E-state index in [9.17, 15) is 4.79 Å². The first kappa shape index (κ1) is 9.71. The molecule has 4 nitrogen and oxygen atoms in total. The van der Waals surface area contributed by atoms with Crippen molar-refractivity contribution in [3.63, 3.8) is 0 Å². The van der Waals surface area contributed by atoms with Crippen LogP contribution in [-0.4, -0.2) is 22.5 Å². The summed E-state index contributed by atoms with van der Waals surface area (Å²) in [6, 6.07) is 5.62. The molecule has 0 saturated carbocycles. The number of carbonyl (C=O) groups excluding carboxylic acids is 1. The molecular formula is C11H12N2O2. The zero-order chi connectivity index (χ0) is 10.7. The van der Waals surface area contributed by atoms with Crippen molar-refractivity contribution in [3.8, 4) is 0 Å². The topological polar surface area (TPSA) is 55.0 Å². The highest BCUT2D eigenvalue weighted by atomic mass is 16.5. The minimum absolute atomic E-state index is 0.231. The van der Waals surface area contributed by atoms with E-state index in [1.165, 1.54) is 0 Å². The highest BCUT2D eigenvalue weighted by molar-refractivity contribution is 5.77. The number of rotatable bonds is 3. The molecule has 0 aliphatic carbocycles. The molecule has 0 amide bonds. The Labute approximate surface area is 87.3 Å². The normalized spacial score (nSPS) is 10.5. The summed E-state index contributed by atoms with van der Waals surface area (Å²) in [5, 5.41) is 0. The smallest absolute Gasteiger partial charge is 0.311 e. The summed E-state index contributed by atoms with van der Waals surface area (Å²) in [7, 11) is 0. The number of nitrogens with one attached hydrogen (secondary N) is 1. The highest BCUT2D eigenvalue weighted by Crippen LogP contribution is 2.10. The predicted octanol–water partition coefficient (Wildman–Crippen LogP) is 1.67. The average molecular weight is 204 g/mol. The zero-order valence-electron chi connectivity index (χ0n) is 8.49. The zero-order valence-corrected chi connectivity index (χ0v) is 8.49. The molecule has 0 unspecified atom stereocenters. The Kier molecular flexibility index (Phi) is 2.67. The monoisotopic (exact) mass is 204 g/mol. The van der Waals surface area contributed by atoms with Gasteiger partial charge in [-0.25, -0.2) is 0 Å². The summed E-state index contributed by atoms with van der Waals surface area (Å²) in [6.45, 7) is 2.20. The van der Waals surface area contributed by atoms with Gasteiger partial charge in [0.2, 0.25) is 0 Å². The van der Waals surface area contributed by atoms with Gasteiger partial charge < -0.3 is 9.72 Å². The summed E-state index contributed by atoms with van der Waals surface area (Å²) in [4.78, 5) is 18.6. The van der Waals surface area contributed by atoms with E-state index in [1.54, 1.807) is 6.92 Å². The molecule has 0 fully saturated rings. The first-order valence-electron chi connectivity index (χ1n) is 4.88. The van der Waals surface area contributed by atoms with Crippen molar-refractivity contribution in [2.75, 3.05) is 6.61 Å². The van der Waals surface area contributed by atoms with Gasteiger partial charge in [0, 0.05) is 6.20 Å². The van der Waals surface area contributed by atoms with Gasteiger partial charge in [0.1, 0.15) is 0 Å². The molecule has 1 N–H and O–H groups in total. The number of H-pyrrole nitrogens is 1. The predicted molar refractivity (Wildman–Crippen MR) is 56.4 cm³/mol. The Morgan fingerprint density at radius 1 is 1.47 bits per heavy atom. The Bertz CT molecular complexity index is 476. The van der Waals surface area contributed by atoms with Gasteiger partial charge in [-0.2, -0.15) is 0 Å². The lowest BCUT2D eigenvalue weighted by atomic mass is 10.2. The molecule has 0 atom stereocenters. The largest absolute Gasteiger partial charge is 0.466 e. The third-order valence-corrected chi connectivity index (χ3v) is 2.09. The molecule has 2 heterocycles. The maximum atomic E-state index is 11.2. The number of hydrogen-bond acceptors (Lipinski definition) is 3. The van der Waals surface area contributed by atoms with Crippen LogP contribution in [0.2, 0.25) is 0 Å². The fourth-order valence-electron chi connectivity index (χ4n) is 1.43. The standard InChI is InChI=1S/C11H12N2O2/c1-2-15-11(14)7-8-3-4-9-10(13-8)5-6-12-9/h3-6,12H,2,7H2,1H3. The minimum Gasteiger partial charge on any atom is -0.466 e. The van der Waals surface area contributed by atoms with Crippen molar-refractivity contribution in [1.82, 2.24) is 9.97 Å². The SMILES string of the molecule is CCOC(=O)Cc1ccc2[nH]ccc2n1. The lowest BCUT2D eigenvalue weighted by Gasteiger charge is -2.01. The number of nitrogens with zero attached hydrogens (tertiary/aromatic N) is 1. The number of hydrogen-bond donors (Lipinski definition) is 1. The first-order chi connectivity index (χ1) is 7.29. The Morgan fingerprint density at radius 2 is 2.33 bits per heavy atom. The molecule has 0 spiro atoms. The minimum atomic E-state index is -0.236. The fraction of sp³-hybridized carbons (Fsp3) is 0.273. The van der Waals surface area contributed by atoms with Crippen molar-refractivity contribution in [2.24, 2.45) is 0 Å². The fourth-order valence-corrected chi connectivity index (χ4v) is 1.43. The highest BCUT2D eigenvalue weighted by Gasteiger charge is 2.05. The van der Waals surface area contributed by atoms with Crippen molar-refractivity contribution in [1.29, 1.82) is 0 Å². The molecule has 0 aliphatic rings. The van der Waals surface area contributed by atoms with Crippen LogP contribution >= 0.6 is 0 Å². The summed E-state index contributed by atoms with van der Waals surface area (Å²) in [5.41, 5.74) is 2.58. The molecule has 2 aromatic rings. The second-order valence-electron chi connectivity index (χ2n) is 3.19. The number of ether oxygens (including phenoxy) is 1. The molecule has 15 heavy (non-hydrogen) atoms. The van der Waals surface area contributed by atoms with Crippen LogP contribution in [0.15, 0.2) is 24.4 Å². The molecule has 0 aliphatic heterocycles. The van der Waals surface area contributed by atoms with Crippen molar-refractivity contribution < 1.29 is 9.53 Å². The van der Waals surface area contributed by atoms with Gasteiger partial charge >= 0.3 is 5.97 Å². The lowest BCUT2D eigenvalue weighted by molar-refractivity contribution is -0.142. The van der Waals surface area contributed by atoms with E-state index in [4.69, 9.17) is 4.74 Å². The van der Waals surface area contributed by atoms with Gasteiger partial charge in [-0.05, 0) is 25.1 Å². The van der Waals surface area contributed by atoms with E-state index in [0.717, 1.165) is 16.7 Å².